The maximum absolute atomic E-state index is 13.3. The molecule has 0 unspecified atom stereocenters. The predicted molar refractivity (Wildman–Crippen MR) is 156 cm³/mol. The van der Waals surface area contributed by atoms with Gasteiger partial charge in [0.15, 0.2) is 5.78 Å². The van der Waals surface area contributed by atoms with Crippen LogP contribution in [-0.2, 0) is 22.0 Å². The van der Waals surface area contributed by atoms with Gasteiger partial charge >= 0.3 is 6.18 Å². The number of ketones is 1. The highest BCUT2D eigenvalue weighted by Gasteiger charge is 2.34. The smallest absolute Gasteiger partial charge is 0.417 e. The second-order valence-electron chi connectivity index (χ2n) is 9.83. The fraction of sp³-hybridized carbons (Fsp3) is 0.321. The molecule has 1 aliphatic rings. The third-order valence-corrected chi connectivity index (χ3v) is 9.83. The molecular formula is C28H27Cl2F3N2O4S2. The second kappa shape index (κ2) is 12.9. The minimum atomic E-state index is -4.83. The summed E-state index contributed by atoms with van der Waals surface area (Å²) in [6, 6.07) is 14.0. The van der Waals surface area contributed by atoms with E-state index in [0.717, 1.165) is 30.5 Å². The van der Waals surface area contributed by atoms with E-state index < -0.39 is 31.7 Å². The zero-order chi connectivity index (χ0) is 29.8. The van der Waals surface area contributed by atoms with Crippen LogP contribution in [0.15, 0.2) is 70.5 Å². The van der Waals surface area contributed by atoms with Crippen molar-refractivity contribution in [1.82, 2.24) is 0 Å². The van der Waals surface area contributed by atoms with Gasteiger partial charge in [0, 0.05) is 46.9 Å². The van der Waals surface area contributed by atoms with Gasteiger partial charge in [-0.05, 0) is 42.0 Å². The summed E-state index contributed by atoms with van der Waals surface area (Å²) in [5.74, 6) is 0.389. The van der Waals surface area contributed by atoms with Gasteiger partial charge in [0.2, 0.25) is 0 Å². The molecule has 3 aromatic rings. The first-order chi connectivity index (χ1) is 19.3. The van der Waals surface area contributed by atoms with Crippen molar-refractivity contribution in [3.63, 3.8) is 0 Å². The monoisotopic (exact) mass is 646 g/mol. The Balaban J connectivity index is 1.41. The van der Waals surface area contributed by atoms with Crippen molar-refractivity contribution in [2.24, 2.45) is 0 Å². The van der Waals surface area contributed by atoms with Crippen molar-refractivity contribution < 1.29 is 31.0 Å². The van der Waals surface area contributed by atoms with Crippen molar-refractivity contribution in [3.8, 4) is 0 Å². The van der Waals surface area contributed by atoms with E-state index in [2.05, 4.69) is 4.72 Å². The van der Waals surface area contributed by atoms with E-state index in [1.807, 2.05) is 0 Å². The molecule has 0 atom stereocenters. The molecule has 0 amide bonds. The largest absolute Gasteiger partial charge is 0.633 e. The molecule has 1 saturated heterocycles. The average Bonchev–Trinajstić information content (AvgIpc) is 3.34. The number of carbonyl (C=O) groups excluding carboxylic acids is 1. The minimum absolute atomic E-state index is 0.0275. The number of sulfonamides is 1. The van der Waals surface area contributed by atoms with Gasteiger partial charge < -0.3 is 9.85 Å². The molecular weight excluding hydrogens is 620 g/mol. The van der Waals surface area contributed by atoms with Crippen LogP contribution in [0.3, 0.4) is 0 Å². The van der Waals surface area contributed by atoms with Crippen molar-refractivity contribution in [2.75, 3.05) is 24.4 Å². The number of Topliss-reactive ketones (excluding diaryl/α,β-unsaturated/α-hetero) is 1. The van der Waals surface area contributed by atoms with E-state index in [9.17, 15) is 31.6 Å². The summed E-state index contributed by atoms with van der Waals surface area (Å²) in [5.41, 5.74) is 0.268. The molecule has 1 N–H and O–H groups in total. The van der Waals surface area contributed by atoms with Crippen LogP contribution in [0, 0.1) is 5.21 Å². The van der Waals surface area contributed by atoms with E-state index in [-0.39, 0.29) is 21.1 Å². The lowest BCUT2D eigenvalue weighted by atomic mass is 10.0. The normalized spacial score (nSPS) is 15.2. The molecule has 3 aromatic carbocycles. The number of thioether (sulfide) groups is 1. The van der Waals surface area contributed by atoms with Crippen LogP contribution in [0.2, 0.25) is 10.0 Å². The predicted octanol–water partition coefficient (Wildman–Crippen LogP) is 8.18. The van der Waals surface area contributed by atoms with Gasteiger partial charge in [-0.3, -0.25) is 9.52 Å². The fourth-order valence-corrected chi connectivity index (χ4v) is 7.06. The number of likely N-dealkylation sites (tertiary alicyclic amines) is 1. The molecule has 1 aliphatic heterocycles. The summed E-state index contributed by atoms with van der Waals surface area (Å²) in [7, 11) is -4.41. The van der Waals surface area contributed by atoms with E-state index in [1.54, 1.807) is 36.4 Å². The van der Waals surface area contributed by atoms with E-state index >= 15 is 0 Å². The SMILES string of the molecule is O=C(CCC[N+]1([O-])CCCC1)c1ccc(CSc2ccc(Cl)cc2NS(=O)(=O)c2ccc(Cl)c(C(F)(F)F)c2)cc1. The number of quaternary nitrogens is 1. The Kier molecular flexibility index (Phi) is 9.98. The first kappa shape index (κ1) is 31.7. The molecule has 1 fully saturated rings. The molecule has 0 aliphatic carbocycles. The lowest BCUT2D eigenvalue weighted by molar-refractivity contribution is -0.868. The molecule has 220 valence electrons. The number of nitrogens with one attached hydrogen (secondary N) is 1. The van der Waals surface area contributed by atoms with Gasteiger partial charge in [-0.1, -0.05) is 47.5 Å². The van der Waals surface area contributed by atoms with Crippen molar-refractivity contribution in [2.45, 2.75) is 47.4 Å². The van der Waals surface area contributed by atoms with Crippen LogP contribution >= 0.6 is 35.0 Å². The molecule has 0 aromatic heterocycles. The Labute approximate surface area is 251 Å². The van der Waals surface area contributed by atoms with Crippen LogP contribution in [0.5, 0.6) is 0 Å². The maximum atomic E-state index is 13.3. The Morgan fingerprint density at radius 2 is 1.68 bits per heavy atom. The number of nitrogens with zero attached hydrogens (tertiary/aromatic N) is 1. The van der Waals surface area contributed by atoms with E-state index in [1.165, 1.54) is 17.8 Å². The first-order valence-corrected chi connectivity index (χ1v) is 16.0. The Morgan fingerprint density at radius 3 is 2.34 bits per heavy atom. The van der Waals surface area contributed by atoms with Gasteiger partial charge in [-0.25, -0.2) is 8.42 Å². The quantitative estimate of drug-likeness (QED) is 0.0982. The van der Waals surface area contributed by atoms with Crippen LogP contribution < -0.4 is 4.72 Å². The summed E-state index contributed by atoms with van der Waals surface area (Å²) in [4.78, 5) is 12.5. The van der Waals surface area contributed by atoms with E-state index in [4.69, 9.17) is 23.2 Å². The van der Waals surface area contributed by atoms with Crippen LogP contribution in [0.1, 0.15) is 47.2 Å². The lowest BCUT2D eigenvalue weighted by Gasteiger charge is -2.38. The summed E-state index contributed by atoms with van der Waals surface area (Å²) >= 11 is 13.0. The Bertz CT molecular complexity index is 1510. The number of halogens is 5. The molecule has 1 heterocycles. The molecule has 4 rings (SSSR count). The van der Waals surface area contributed by atoms with Gasteiger partial charge in [0.25, 0.3) is 10.0 Å². The molecule has 13 heteroatoms. The van der Waals surface area contributed by atoms with E-state index in [0.29, 0.717) is 54.8 Å². The van der Waals surface area contributed by atoms with Crippen LogP contribution in [0.4, 0.5) is 18.9 Å². The molecule has 41 heavy (non-hydrogen) atoms. The fourth-order valence-electron chi connectivity index (χ4n) is 4.56. The summed E-state index contributed by atoms with van der Waals surface area (Å²) in [5, 5.41) is 12.1. The lowest BCUT2D eigenvalue weighted by Crippen LogP contribution is -2.39. The number of hydroxylamine groups is 3. The van der Waals surface area contributed by atoms with Crippen molar-refractivity contribution >= 4 is 56.5 Å². The van der Waals surface area contributed by atoms with Gasteiger partial charge in [0.05, 0.1) is 40.8 Å². The summed E-state index contributed by atoms with van der Waals surface area (Å²) in [6.07, 6.45) is -2.10. The Morgan fingerprint density at radius 1 is 1.00 bits per heavy atom. The molecule has 6 nitrogen and oxygen atoms in total. The van der Waals surface area contributed by atoms with Crippen LogP contribution in [0.25, 0.3) is 0 Å². The number of alkyl halides is 3. The number of hydrogen-bond donors (Lipinski definition) is 1. The molecule has 0 spiro atoms. The zero-order valence-electron chi connectivity index (χ0n) is 21.7. The second-order valence-corrected chi connectivity index (χ2v) is 13.4. The third kappa shape index (κ3) is 8.39. The standard InChI is InChI=1S/C28H27Cl2F3N2O4S2/c29-21-9-12-27(25(16-21)34-41(38,39)22-10-11-24(30)23(17-22)28(31,32)33)40-18-19-5-7-20(8-6-19)26(36)4-3-15-35(37)13-1-2-14-35/h5-12,16-17,34H,1-4,13-15,18H2. The van der Waals surface area contributed by atoms with Gasteiger partial charge in [-0.2, -0.15) is 13.2 Å². The van der Waals surface area contributed by atoms with Crippen molar-refractivity contribution in [1.29, 1.82) is 0 Å². The minimum Gasteiger partial charge on any atom is -0.633 e. The van der Waals surface area contributed by atoms with Crippen molar-refractivity contribution in [3.05, 3.63) is 92.6 Å². The first-order valence-electron chi connectivity index (χ1n) is 12.8. The number of anilines is 1. The van der Waals surface area contributed by atoms with Gasteiger partial charge in [0.1, 0.15) is 0 Å². The topological polar surface area (TPSA) is 86.3 Å². The Hall–Kier alpha value is -2.28. The summed E-state index contributed by atoms with van der Waals surface area (Å²) in [6.45, 7) is 1.70. The highest BCUT2D eigenvalue weighted by molar-refractivity contribution is 7.98. The number of carbonyl (C=O) groups is 1. The summed E-state index contributed by atoms with van der Waals surface area (Å²) < 4.78 is 67.9. The number of hydrogen-bond acceptors (Lipinski definition) is 5. The highest BCUT2D eigenvalue weighted by atomic mass is 35.5. The zero-order valence-corrected chi connectivity index (χ0v) is 24.9. The van der Waals surface area contributed by atoms with Crippen LogP contribution in [-0.4, -0.2) is 38.5 Å². The molecule has 0 bridgehead atoms. The molecule has 0 radical (unpaired) electrons. The number of benzene rings is 3. The van der Waals surface area contributed by atoms with Gasteiger partial charge in [-0.15, -0.1) is 11.8 Å². The number of rotatable bonds is 11. The maximum Gasteiger partial charge on any atom is 0.417 e. The average molecular weight is 648 g/mol. The third-order valence-electron chi connectivity index (χ3n) is 6.76. The molecule has 0 saturated carbocycles. The highest BCUT2D eigenvalue weighted by Crippen LogP contribution is 2.37.